The number of hydrogen-bond acceptors (Lipinski definition) is 5. The maximum absolute atomic E-state index is 13.0. The fraction of sp³-hybridized carbons (Fsp3) is 0.680. The van der Waals surface area contributed by atoms with Gasteiger partial charge in [-0.1, -0.05) is 25.5 Å². The fourth-order valence-corrected chi connectivity index (χ4v) is 6.30. The van der Waals surface area contributed by atoms with Crippen molar-refractivity contribution in [3.63, 3.8) is 0 Å². The molecule has 6 rings (SSSR count). The summed E-state index contributed by atoms with van der Waals surface area (Å²) in [6, 6.07) is 0. The van der Waals surface area contributed by atoms with Crippen LogP contribution >= 0.6 is 0 Å². The number of hydrogen-bond donors (Lipinski definition) is 2. The Morgan fingerprint density at radius 1 is 1.16 bits per heavy atom. The highest BCUT2D eigenvalue weighted by atomic mass is 19.4. The van der Waals surface area contributed by atoms with Crippen LogP contribution in [0, 0.1) is 23.7 Å². The summed E-state index contributed by atoms with van der Waals surface area (Å²) in [4.78, 5) is 45.4. The number of fused-ring (bicyclic) bond motifs is 1. The second kappa shape index (κ2) is 10.1. The third-order valence-electron chi connectivity index (χ3n) is 7.71. The molecule has 0 amide bonds. The molecule has 37 heavy (non-hydrogen) atoms. The Morgan fingerprint density at radius 3 is 2.32 bits per heavy atom. The molecular formula is C25H34F3N5O4. The number of carbonyl (C=O) groups is 1. The van der Waals surface area contributed by atoms with E-state index in [2.05, 4.69) is 30.1 Å². The molecule has 12 heteroatoms. The van der Waals surface area contributed by atoms with Gasteiger partial charge >= 0.3 is 17.8 Å². The van der Waals surface area contributed by atoms with Crippen LogP contribution in [-0.4, -0.2) is 61.9 Å². The maximum atomic E-state index is 13.0. The van der Waals surface area contributed by atoms with Gasteiger partial charge in [0.05, 0.1) is 0 Å². The first-order valence-electron chi connectivity index (χ1n) is 12.8. The maximum Gasteiger partial charge on any atom is 0.490 e. The standard InChI is InChI=1S/C23H33N5O2.C2HF3O2/c1-5-9-27-21-19(22(29)28(10-6-2)23(27)30)24-20(25-21)18-14-12-15-16(17(15)18)13(14)8-7-11-26(3)4;3-2(4,5)1(6)7/h8,14-18H,5-7,9-12H2,1-4H3,(H,24,25);(H,6,7). The van der Waals surface area contributed by atoms with Crippen molar-refractivity contribution < 1.29 is 23.1 Å². The molecule has 2 aromatic rings. The van der Waals surface area contributed by atoms with E-state index in [4.69, 9.17) is 14.9 Å². The number of aromatic nitrogens is 4. The summed E-state index contributed by atoms with van der Waals surface area (Å²) in [6.45, 7) is 6.15. The quantitative estimate of drug-likeness (QED) is 0.512. The van der Waals surface area contributed by atoms with Gasteiger partial charge in [0.1, 0.15) is 11.3 Å². The molecule has 4 bridgehead atoms. The molecule has 2 N–H and O–H groups in total. The largest absolute Gasteiger partial charge is 0.490 e. The lowest BCUT2D eigenvalue weighted by atomic mass is 9.94. The molecule has 0 aromatic carbocycles. The summed E-state index contributed by atoms with van der Waals surface area (Å²) in [5.41, 5.74) is 2.24. The van der Waals surface area contributed by atoms with Crippen molar-refractivity contribution in [2.24, 2.45) is 23.7 Å². The van der Waals surface area contributed by atoms with Crippen molar-refractivity contribution in [1.82, 2.24) is 24.0 Å². The molecule has 2 aromatic heterocycles. The Bertz CT molecular complexity index is 1320. The molecule has 9 nitrogen and oxygen atoms in total. The number of H-pyrrole nitrogens is 1. The second-order valence-corrected chi connectivity index (χ2v) is 10.4. The van der Waals surface area contributed by atoms with E-state index in [1.165, 1.54) is 11.0 Å². The Kier molecular flexibility index (Phi) is 7.42. The zero-order valence-corrected chi connectivity index (χ0v) is 21.5. The monoisotopic (exact) mass is 525 g/mol. The number of carboxylic acids is 1. The van der Waals surface area contributed by atoms with Gasteiger partial charge in [-0.2, -0.15) is 13.2 Å². The number of aliphatic carboxylic acids is 1. The van der Waals surface area contributed by atoms with Gasteiger partial charge in [-0.3, -0.25) is 13.9 Å². The Hall–Kier alpha value is -2.89. The number of halogens is 3. The molecule has 4 aliphatic carbocycles. The smallest absolute Gasteiger partial charge is 0.475 e. The highest BCUT2D eigenvalue weighted by molar-refractivity contribution is 5.73. The van der Waals surface area contributed by atoms with Crippen molar-refractivity contribution in [1.29, 1.82) is 0 Å². The van der Waals surface area contributed by atoms with Crippen LogP contribution in [-0.2, 0) is 17.9 Å². The summed E-state index contributed by atoms with van der Waals surface area (Å²) >= 11 is 0. The molecular weight excluding hydrogens is 491 g/mol. The number of alkyl halides is 3. The number of nitrogens with one attached hydrogen (secondary N) is 1. The average molecular weight is 526 g/mol. The summed E-state index contributed by atoms with van der Waals surface area (Å²) in [7, 11) is 4.23. The van der Waals surface area contributed by atoms with Gasteiger partial charge in [0, 0.05) is 25.6 Å². The highest BCUT2D eigenvalue weighted by Gasteiger charge is 2.71. The molecule has 0 radical (unpaired) electrons. The Balaban J connectivity index is 0.000000405. The van der Waals surface area contributed by atoms with Crippen molar-refractivity contribution in [2.45, 2.75) is 64.7 Å². The summed E-state index contributed by atoms with van der Waals surface area (Å²) < 4.78 is 34.8. The van der Waals surface area contributed by atoms with Gasteiger partial charge in [-0.25, -0.2) is 14.6 Å². The van der Waals surface area contributed by atoms with Crippen LogP contribution in [0.5, 0.6) is 0 Å². The number of allylic oxidation sites excluding steroid dienone is 1. The second-order valence-electron chi connectivity index (χ2n) is 10.4. The Morgan fingerprint density at radius 2 is 1.78 bits per heavy atom. The molecule has 2 heterocycles. The van der Waals surface area contributed by atoms with Crippen LogP contribution in [0.3, 0.4) is 0 Å². The van der Waals surface area contributed by atoms with Crippen molar-refractivity contribution in [2.75, 3.05) is 20.6 Å². The lowest BCUT2D eigenvalue weighted by Gasteiger charge is -2.14. The van der Waals surface area contributed by atoms with E-state index in [0.29, 0.717) is 42.0 Å². The van der Waals surface area contributed by atoms with Gasteiger partial charge in [0.2, 0.25) is 0 Å². The topological polar surface area (TPSA) is 113 Å². The first-order valence-corrected chi connectivity index (χ1v) is 12.8. The molecule has 5 unspecified atom stereocenters. The Labute approximate surface area is 212 Å². The molecule has 4 aliphatic rings. The van der Waals surface area contributed by atoms with Crippen LogP contribution in [0.2, 0.25) is 0 Å². The molecule has 4 fully saturated rings. The van der Waals surface area contributed by atoms with E-state index in [-0.39, 0.29) is 11.2 Å². The van der Waals surface area contributed by atoms with E-state index < -0.39 is 12.1 Å². The summed E-state index contributed by atoms with van der Waals surface area (Å²) in [6.07, 6.45) is 1.33. The predicted molar refractivity (Wildman–Crippen MR) is 131 cm³/mol. The molecule has 5 atom stereocenters. The minimum absolute atomic E-state index is 0.220. The zero-order chi connectivity index (χ0) is 27.2. The van der Waals surface area contributed by atoms with Gasteiger partial charge in [-0.05, 0) is 63.5 Å². The molecule has 204 valence electrons. The van der Waals surface area contributed by atoms with Crippen LogP contribution < -0.4 is 11.2 Å². The molecule has 0 spiro atoms. The summed E-state index contributed by atoms with van der Waals surface area (Å²) in [5, 5.41) is 7.12. The molecule has 0 saturated heterocycles. The number of imidazole rings is 1. The first-order chi connectivity index (χ1) is 17.4. The lowest BCUT2D eigenvalue weighted by molar-refractivity contribution is -0.192. The highest BCUT2D eigenvalue weighted by Crippen LogP contribution is 2.78. The van der Waals surface area contributed by atoms with E-state index in [0.717, 1.165) is 43.5 Å². The van der Waals surface area contributed by atoms with E-state index in [1.54, 1.807) is 10.1 Å². The zero-order valence-electron chi connectivity index (χ0n) is 21.5. The number of carboxylic acid groups (broad SMARTS) is 1. The van der Waals surface area contributed by atoms with Crippen LogP contribution in [0.4, 0.5) is 13.2 Å². The average Bonchev–Trinajstić information content (AvgIpc) is 3.21. The van der Waals surface area contributed by atoms with Crippen LogP contribution in [0.25, 0.3) is 11.2 Å². The van der Waals surface area contributed by atoms with Gasteiger partial charge in [-0.15, -0.1) is 0 Å². The number of nitrogens with zero attached hydrogens (tertiary/aromatic N) is 4. The van der Waals surface area contributed by atoms with E-state index in [9.17, 15) is 22.8 Å². The number of rotatable bonds is 8. The van der Waals surface area contributed by atoms with E-state index >= 15 is 0 Å². The minimum Gasteiger partial charge on any atom is -0.475 e. The third kappa shape index (κ3) is 4.87. The van der Waals surface area contributed by atoms with Crippen molar-refractivity contribution in [3.05, 3.63) is 38.3 Å². The normalized spacial score (nSPS) is 26.7. The lowest BCUT2D eigenvalue weighted by Crippen LogP contribution is -2.40. The first kappa shape index (κ1) is 27.2. The van der Waals surface area contributed by atoms with Gasteiger partial charge < -0.3 is 15.0 Å². The van der Waals surface area contributed by atoms with Crippen molar-refractivity contribution >= 4 is 17.1 Å². The van der Waals surface area contributed by atoms with Crippen molar-refractivity contribution in [3.8, 4) is 0 Å². The molecule has 0 aliphatic heterocycles. The fourth-order valence-electron chi connectivity index (χ4n) is 6.30. The minimum atomic E-state index is -5.08. The van der Waals surface area contributed by atoms with Gasteiger partial charge in [0.15, 0.2) is 5.65 Å². The number of aryl methyl sites for hydroxylation is 1. The molecule has 4 saturated carbocycles. The van der Waals surface area contributed by atoms with Gasteiger partial charge in [0.25, 0.3) is 5.56 Å². The summed E-state index contributed by atoms with van der Waals surface area (Å²) in [5.74, 6) is 1.30. The van der Waals surface area contributed by atoms with Crippen LogP contribution in [0.1, 0.15) is 51.3 Å². The van der Waals surface area contributed by atoms with Crippen LogP contribution in [0.15, 0.2) is 21.2 Å². The van der Waals surface area contributed by atoms with E-state index in [1.807, 2.05) is 13.8 Å². The predicted octanol–water partition coefficient (Wildman–Crippen LogP) is 3.20. The third-order valence-corrected chi connectivity index (χ3v) is 7.71. The SMILES string of the molecule is CCCn1c(=O)c2[nH]c(C3C4CC5C(C4=CCCN(C)C)C53)nc2n(CCC)c1=O.O=C(O)C(F)(F)F. The number of aromatic amines is 1.